The van der Waals surface area contributed by atoms with E-state index in [1.54, 1.807) is 0 Å². The van der Waals surface area contributed by atoms with Crippen LogP contribution in [0.25, 0.3) is 0 Å². The minimum atomic E-state index is -3.56. The van der Waals surface area contributed by atoms with Gasteiger partial charge in [-0.3, -0.25) is 4.90 Å². The lowest BCUT2D eigenvalue weighted by Gasteiger charge is -2.32. The van der Waals surface area contributed by atoms with Crippen molar-refractivity contribution in [3.8, 4) is 6.07 Å². The van der Waals surface area contributed by atoms with Crippen LogP contribution in [0, 0.1) is 11.3 Å². The van der Waals surface area contributed by atoms with Crippen LogP contribution in [0.2, 0.25) is 10.0 Å². The second-order valence-corrected chi connectivity index (χ2v) is 7.17. The van der Waals surface area contributed by atoms with E-state index >= 15 is 0 Å². The third-order valence-electron chi connectivity index (χ3n) is 3.15. The number of piperazine rings is 1. The molecule has 0 radical (unpaired) electrons. The molecule has 5 nitrogen and oxygen atoms in total. The first-order chi connectivity index (χ1) is 9.45. The average Bonchev–Trinajstić information content (AvgIpc) is 2.43. The maximum absolute atomic E-state index is 12.5. The molecule has 1 saturated heterocycles. The van der Waals surface area contributed by atoms with E-state index in [0.29, 0.717) is 37.7 Å². The molecule has 108 valence electrons. The molecule has 1 aromatic rings. The van der Waals surface area contributed by atoms with E-state index in [2.05, 4.69) is 6.07 Å². The van der Waals surface area contributed by atoms with Gasteiger partial charge in [-0.1, -0.05) is 23.2 Å². The molecule has 0 bridgehead atoms. The predicted octanol–water partition coefficient (Wildman–Crippen LogP) is 1.82. The molecule has 20 heavy (non-hydrogen) atoms. The molecule has 0 spiro atoms. The second kappa shape index (κ2) is 6.29. The second-order valence-electron chi connectivity index (χ2n) is 4.41. The van der Waals surface area contributed by atoms with Crippen LogP contribution >= 0.6 is 23.2 Å². The van der Waals surface area contributed by atoms with Gasteiger partial charge in [-0.05, 0) is 18.2 Å². The van der Waals surface area contributed by atoms with Crippen molar-refractivity contribution in [2.45, 2.75) is 4.90 Å². The Morgan fingerprint density at radius 2 is 1.80 bits per heavy atom. The van der Waals surface area contributed by atoms with Crippen LogP contribution in [-0.2, 0) is 10.0 Å². The number of rotatable bonds is 3. The Morgan fingerprint density at radius 3 is 2.35 bits per heavy atom. The highest BCUT2D eigenvalue weighted by Crippen LogP contribution is 2.26. The van der Waals surface area contributed by atoms with Crippen molar-refractivity contribution in [1.82, 2.24) is 9.21 Å². The van der Waals surface area contributed by atoms with Gasteiger partial charge in [0.05, 0.1) is 27.6 Å². The zero-order chi connectivity index (χ0) is 14.8. The number of benzene rings is 1. The Labute approximate surface area is 128 Å². The lowest BCUT2D eigenvalue weighted by atomic mass is 10.4. The smallest absolute Gasteiger partial charge is 0.243 e. The SMILES string of the molecule is N#CCN1CCN(S(=O)(=O)c2ccc(Cl)c(Cl)c2)CC1. The van der Waals surface area contributed by atoms with Gasteiger partial charge in [0.1, 0.15) is 0 Å². The first-order valence-corrected chi connectivity index (χ1v) is 8.19. The van der Waals surface area contributed by atoms with Crippen LogP contribution < -0.4 is 0 Å². The van der Waals surface area contributed by atoms with Gasteiger partial charge in [0, 0.05) is 26.2 Å². The van der Waals surface area contributed by atoms with Crippen molar-refractivity contribution < 1.29 is 8.42 Å². The highest BCUT2D eigenvalue weighted by atomic mass is 35.5. The molecule has 0 aromatic heterocycles. The quantitative estimate of drug-likeness (QED) is 0.791. The van der Waals surface area contributed by atoms with Crippen LogP contribution in [-0.4, -0.2) is 50.3 Å². The number of nitriles is 1. The highest BCUT2D eigenvalue weighted by Gasteiger charge is 2.28. The summed E-state index contributed by atoms with van der Waals surface area (Å²) in [6, 6.07) is 6.35. The summed E-state index contributed by atoms with van der Waals surface area (Å²) in [5.41, 5.74) is 0. The summed E-state index contributed by atoms with van der Waals surface area (Å²) >= 11 is 11.7. The molecule has 0 saturated carbocycles. The lowest BCUT2D eigenvalue weighted by molar-refractivity contribution is 0.206. The van der Waals surface area contributed by atoms with Gasteiger partial charge < -0.3 is 0 Å². The molecule has 0 N–H and O–H groups in total. The summed E-state index contributed by atoms with van der Waals surface area (Å²) in [5, 5.41) is 9.17. The third-order valence-corrected chi connectivity index (χ3v) is 5.79. The molecule has 2 rings (SSSR count). The van der Waals surface area contributed by atoms with E-state index in [1.807, 2.05) is 4.90 Å². The van der Waals surface area contributed by atoms with Crippen molar-refractivity contribution >= 4 is 33.2 Å². The average molecular weight is 334 g/mol. The van der Waals surface area contributed by atoms with Crippen LogP contribution in [0.1, 0.15) is 0 Å². The summed E-state index contributed by atoms with van der Waals surface area (Å²) in [6.07, 6.45) is 0. The topological polar surface area (TPSA) is 64.4 Å². The monoisotopic (exact) mass is 333 g/mol. The van der Waals surface area contributed by atoms with E-state index in [4.69, 9.17) is 28.5 Å². The molecule has 8 heteroatoms. The Morgan fingerprint density at radius 1 is 1.15 bits per heavy atom. The fourth-order valence-corrected chi connectivity index (χ4v) is 3.83. The molecule has 0 amide bonds. The highest BCUT2D eigenvalue weighted by molar-refractivity contribution is 7.89. The van der Waals surface area contributed by atoms with E-state index in [9.17, 15) is 8.42 Å². The number of hydrogen-bond acceptors (Lipinski definition) is 4. The molecular weight excluding hydrogens is 321 g/mol. The van der Waals surface area contributed by atoms with Crippen LogP contribution in [0.4, 0.5) is 0 Å². The van der Waals surface area contributed by atoms with Gasteiger partial charge in [-0.15, -0.1) is 0 Å². The predicted molar refractivity (Wildman–Crippen MR) is 77.3 cm³/mol. The van der Waals surface area contributed by atoms with Crippen LogP contribution in [0.15, 0.2) is 23.1 Å². The summed E-state index contributed by atoms with van der Waals surface area (Å²) in [5.74, 6) is 0. The van der Waals surface area contributed by atoms with Gasteiger partial charge in [-0.25, -0.2) is 8.42 Å². The molecular formula is C12H13Cl2N3O2S. The number of halogens is 2. The molecule has 0 aliphatic carbocycles. The molecule has 1 heterocycles. The zero-order valence-electron chi connectivity index (χ0n) is 10.6. The Kier molecular flexibility index (Phi) is 4.89. The van der Waals surface area contributed by atoms with Crippen LogP contribution in [0.3, 0.4) is 0 Å². The first kappa shape index (κ1) is 15.5. The van der Waals surface area contributed by atoms with E-state index in [1.165, 1.54) is 22.5 Å². The van der Waals surface area contributed by atoms with Crippen LogP contribution in [0.5, 0.6) is 0 Å². The summed E-state index contributed by atoms with van der Waals surface area (Å²) < 4.78 is 26.3. The number of hydrogen-bond donors (Lipinski definition) is 0. The van der Waals surface area contributed by atoms with Gasteiger partial charge in [0.2, 0.25) is 10.0 Å². The number of sulfonamides is 1. The van der Waals surface area contributed by atoms with E-state index in [-0.39, 0.29) is 9.92 Å². The van der Waals surface area contributed by atoms with Gasteiger partial charge in [0.25, 0.3) is 0 Å². The largest absolute Gasteiger partial charge is 0.288 e. The van der Waals surface area contributed by atoms with Crippen molar-refractivity contribution in [1.29, 1.82) is 5.26 Å². The van der Waals surface area contributed by atoms with E-state index < -0.39 is 10.0 Å². The van der Waals surface area contributed by atoms with E-state index in [0.717, 1.165) is 0 Å². The maximum Gasteiger partial charge on any atom is 0.243 e. The molecule has 0 unspecified atom stereocenters. The lowest BCUT2D eigenvalue weighted by Crippen LogP contribution is -2.48. The fraction of sp³-hybridized carbons (Fsp3) is 0.417. The summed E-state index contributed by atoms with van der Waals surface area (Å²) in [7, 11) is -3.56. The van der Waals surface area contributed by atoms with Crippen molar-refractivity contribution in [3.63, 3.8) is 0 Å². The maximum atomic E-state index is 12.5. The van der Waals surface area contributed by atoms with Gasteiger partial charge in [-0.2, -0.15) is 9.57 Å². The fourth-order valence-electron chi connectivity index (χ4n) is 2.01. The standard InChI is InChI=1S/C12H13Cl2N3O2S/c13-11-2-1-10(9-12(11)14)20(18,19)17-7-5-16(4-3-15)6-8-17/h1-2,9H,4-8H2. The van der Waals surface area contributed by atoms with Crippen molar-refractivity contribution in [2.75, 3.05) is 32.7 Å². The Balaban J connectivity index is 2.16. The summed E-state index contributed by atoms with van der Waals surface area (Å²) in [4.78, 5) is 2.06. The number of nitrogens with zero attached hydrogens (tertiary/aromatic N) is 3. The molecule has 1 aliphatic heterocycles. The van der Waals surface area contributed by atoms with Gasteiger partial charge in [0.15, 0.2) is 0 Å². The zero-order valence-corrected chi connectivity index (χ0v) is 12.9. The Hall–Kier alpha value is -0.840. The van der Waals surface area contributed by atoms with Crippen molar-refractivity contribution in [3.05, 3.63) is 28.2 Å². The third kappa shape index (κ3) is 3.25. The first-order valence-electron chi connectivity index (χ1n) is 5.99. The molecule has 1 aromatic carbocycles. The van der Waals surface area contributed by atoms with Crippen molar-refractivity contribution in [2.24, 2.45) is 0 Å². The van der Waals surface area contributed by atoms with Gasteiger partial charge >= 0.3 is 0 Å². The summed E-state index contributed by atoms with van der Waals surface area (Å²) in [6.45, 7) is 2.15. The minimum Gasteiger partial charge on any atom is -0.288 e. The normalized spacial score (nSPS) is 17.9. The molecule has 0 atom stereocenters. The minimum absolute atomic E-state index is 0.139. The molecule has 1 fully saturated rings. The molecule has 1 aliphatic rings. The Bertz CT molecular complexity index is 635.